The summed E-state index contributed by atoms with van der Waals surface area (Å²) >= 11 is 1.67. The van der Waals surface area contributed by atoms with Crippen molar-refractivity contribution in [2.24, 2.45) is 0 Å². The number of amides is 1. The summed E-state index contributed by atoms with van der Waals surface area (Å²) < 4.78 is 11.8. The quantitative estimate of drug-likeness (QED) is 0.527. The predicted octanol–water partition coefficient (Wildman–Crippen LogP) is 5.00. The monoisotopic (exact) mass is 407 g/mol. The molecule has 1 amide bonds. The van der Waals surface area contributed by atoms with Gasteiger partial charge in [-0.2, -0.15) is 0 Å². The van der Waals surface area contributed by atoms with E-state index in [2.05, 4.69) is 6.07 Å². The second-order valence-corrected chi connectivity index (χ2v) is 8.17. The van der Waals surface area contributed by atoms with Gasteiger partial charge in [0.25, 0.3) is 5.91 Å². The minimum Gasteiger partial charge on any atom is -0.483 e. The molecule has 1 aliphatic rings. The molecule has 0 saturated carbocycles. The van der Waals surface area contributed by atoms with Crippen LogP contribution in [0.3, 0.4) is 0 Å². The van der Waals surface area contributed by atoms with Crippen molar-refractivity contribution >= 4 is 17.2 Å². The first-order chi connectivity index (χ1) is 14.3. The standard InChI is InChI=1S/C24H25NO3S/c26-24(25(16-20-10-6-14-27-20)17-21-11-7-15-29-21)18-28-23-13-5-4-12-22(23)19-8-2-1-3-9-19/h1-5,7-9,11-13,15,20H,6,10,14,16-18H2/t20-/m1/s1. The molecule has 1 aliphatic heterocycles. The molecule has 2 aromatic carbocycles. The van der Waals surface area contributed by atoms with Gasteiger partial charge in [0.15, 0.2) is 6.61 Å². The van der Waals surface area contributed by atoms with Gasteiger partial charge in [-0.25, -0.2) is 0 Å². The molecule has 4 rings (SSSR count). The van der Waals surface area contributed by atoms with Crippen molar-refractivity contribution in [3.63, 3.8) is 0 Å². The highest BCUT2D eigenvalue weighted by molar-refractivity contribution is 7.09. The molecule has 0 N–H and O–H groups in total. The SMILES string of the molecule is O=C(COc1ccccc1-c1ccccc1)N(Cc1cccs1)C[C@H]1CCCO1. The fourth-order valence-corrected chi connectivity index (χ4v) is 4.28. The number of nitrogens with zero attached hydrogens (tertiary/aromatic N) is 1. The molecule has 5 heteroatoms. The predicted molar refractivity (Wildman–Crippen MR) is 116 cm³/mol. The van der Waals surface area contributed by atoms with Crippen molar-refractivity contribution in [3.8, 4) is 16.9 Å². The first kappa shape index (κ1) is 19.7. The molecule has 1 fully saturated rings. The Morgan fingerprint density at radius 1 is 1.07 bits per heavy atom. The molecule has 0 spiro atoms. The molecule has 29 heavy (non-hydrogen) atoms. The number of rotatable bonds is 8. The Labute approximate surface area is 175 Å². The number of hydrogen-bond donors (Lipinski definition) is 0. The largest absolute Gasteiger partial charge is 0.483 e. The number of para-hydroxylation sites is 1. The molecular formula is C24H25NO3S. The van der Waals surface area contributed by atoms with Crippen LogP contribution in [0, 0.1) is 0 Å². The van der Waals surface area contributed by atoms with Crippen LogP contribution in [0.4, 0.5) is 0 Å². The first-order valence-corrected chi connectivity index (χ1v) is 10.9. The van der Waals surface area contributed by atoms with Crippen LogP contribution in [-0.2, 0) is 16.1 Å². The van der Waals surface area contributed by atoms with E-state index in [1.54, 1.807) is 11.3 Å². The summed E-state index contributed by atoms with van der Waals surface area (Å²) in [5.41, 5.74) is 2.06. The van der Waals surface area contributed by atoms with E-state index in [9.17, 15) is 4.79 Å². The van der Waals surface area contributed by atoms with E-state index >= 15 is 0 Å². The van der Waals surface area contributed by atoms with Gasteiger partial charge in [-0.3, -0.25) is 4.79 Å². The summed E-state index contributed by atoms with van der Waals surface area (Å²) in [6.45, 7) is 2.01. The number of benzene rings is 2. The van der Waals surface area contributed by atoms with Gasteiger partial charge in [-0.1, -0.05) is 54.6 Å². The van der Waals surface area contributed by atoms with Gasteiger partial charge in [-0.15, -0.1) is 11.3 Å². The highest BCUT2D eigenvalue weighted by Crippen LogP contribution is 2.29. The van der Waals surface area contributed by atoms with Gasteiger partial charge in [0.2, 0.25) is 0 Å². The summed E-state index contributed by atoms with van der Waals surface area (Å²) in [7, 11) is 0. The number of thiophene rings is 1. The minimum absolute atomic E-state index is 0.0158. The van der Waals surface area contributed by atoms with E-state index in [-0.39, 0.29) is 18.6 Å². The minimum atomic E-state index is -0.0169. The molecule has 4 nitrogen and oxygen atoms in total. The third kappa shape index (κ3) is 5.25. The van der Waals surface area contributed by atoms with Crippen LogP contribution in [0.5, 0.6) is 5.75 Å². The van der Waals surface area contributed by atoms with Gasteiger partial charge >= 0.3 is 0 Å². The first-order valence-electron chi connectivity index (χ1n) is 9.98. The van der Waals surface area contributed by atoms with Crippen molar-refractivity contribution in [1.82, 2.24) is 4.90 Å². The molecular weight excluding hydrogens is 382 g/mol. The fraction of sp³-hybridized carbons (Fsp3) is 0.292. The Bertz CT molecular complexity index is 905. The Morgan fingerprint density at radius 2 is 1.90 bits per heavy atom. The Balaban J connectivity index is 1.45. The topological polar surface area (TPSA) is 38.8 Å². The van der Waals surface area contributed by atoms with Crippen molar-refractivity contribution in [2.45, 2.75) is 25.5 Å². The average Bonchev–Trinajstić information content (AvgIpc) is 3.47. The van der Waals surface area contributed by atoms with Crippen molar-refractivity contribution < 1.29 is 14.3 Å². The van der Waals surface area contributed by atoms with E-state index in [4.69, 9.17) is 9.47 Å². The van der Waals surface area contributed by atoms with E-state index in [0.717, 1.165) is 36.3 Å². The van der Waals surface area contributed by atoms with Gasteiger partial charge in [0.05, 0.1) is 12.6 Å². The summed E-state index contributed by atoms with van der Waals surface area (Å²) in [6.07, 6.45) is 2.19. The Morgan fingerprint density at radius 3 is 2.66 bits per heavy atom. The molecule has 0 radical (unpaired) electrons. The third-order valence-corrected chi connectivity index (χ3v) is 5.91. The zero-order valence-electron chi connectivity index (χ0n) is 16.3. The lowest BCUT2D eigenvalue weighted by Gasteiger charge is -2.25. The van der Waals surface area contributed by atoms with E-state index in [1.807, 2.05) is 70.9 Å². The Hall–Kier alpha value is -2.63. The molecule has 3 aromatic rings. The summed E-state index contributed by atoms with van der Waals surface area (Å²) in [6, 6.07) is 22.0. The highest BCUT2D eigenvalue weighted by atomic mass is 32.1. The lowest BCUT2D eigenvalue weighted by atomic mass is 10.1. The molecule has 0 bridgehead atoms. The number of carbonyl (C=O) groups excluding carboxylic acids is 1. The van der Waals surface area contributed by atoms with Crippen LogP contribution < -0.4 is 4.74 Å². The van der Waals surface area contributed by atoms with Crippen molar-refractivity contribution in [2.75, 3.05) is 19.8 Å². The lowest BCUT2D eigenvalue weighted by Crippen LogP contribution is -2.39. The van der Waals surface area contributed by atoms with Gasteiger partial charge in [0.1, 0.15) is 5.75 Å². The van der Waals surface area contributed by atoms with Gasteiger partial charge in [0, 0.05) is 23.6 Å². The van der Waals surface area contributed by atoms with Crippen LogP contribution in [-0.4, -0.2) is 36.7 Å². The zero-order chi connectivity index (χ0) is 19.9. The number of carbonyl (C=O) groups is 1. The maximum Gasteiger partial charge on any atom is 0.260 e. The fourth-order valence-electron chi connectivity index (χ4n) is 3.56. The lowest BCUT2D eigenvalue weighted by molar-refractivity contribution is -0.135. The van der Waals surface area contributed by atoms with Gasteiger partial charge < -0.3 is 14.4 Å². The number of ether oxygens (including phenoxy) is 2. The normalized spacial score (nSPS) is 15.9. The van der Waals surface area contributed by atoms with Crippen molar-refractivity contribution in [3.05, 3.63) is 77.0 Å². The second-order valence-electron chi connectivity index (χ2n) is 7.14. The molecule has 1 atom stereocenters. The van der Waals surface area contributed by atoms with E-state index < -0.39 is 0 Å². The summed E-state index contributed by atoms with van der Waals surface area (Å²) in [5, 5.41) is 2.04. The molecule has 1 aromatic heterocycles. The molecule has 150 valence electrons. The Kier molecular flexibility index (Phi) is 6.60. The molecule has 2 heterocycles. The van der Waals surface area contributed by atoms with Crippen molar-refractivity contribution in [1.29, 1.82) is 0 Å². The van der Waals surface area contributed by atoms with Crippen LogP contribution >= 0.6 is 11.3 Å². The smallest absolute Gasteiger partial charge is 0.260 e. The summed E-state index contributed by atoms with van der Waals surface area (Å²) in [4.78, 5) is 16.1. The average molecular weight is 408 g/mol. The zero-order valence-corrected chi connectivity index (χ0v) is 17.1. The van der Waals surface area contributed by atoms with E-state index in [0.29, 0.717) is 13.1 Å². The molecule has 1 saturated heterocycles. The van der Waals surface area contributed by atoms with E-state index in [1.165, 1.54) is 4.88 Å². The number of hydrogen-bond acceptors (Lipinski definition) is 4. The van der Waals surface area contributed by atoms with Crippen LogP contribution in [0.15, 0.2) is 72.1 Å². The maximum absolute atomic E-state index is 13.0. The van der Waals surface area contributed by atoms with Crippen LogP contribution in [0.1, 0.15) is 17.7 Å². The van der Waals surface area contributed by atoms with Gasteiger partial charge in [-0.05, 0) is 35.9 Å². The maximum atomic E-state index is 13.0. The summed E-state index contributed by atoms with van der Waals surface area (Å²) in [5.74, 6) is 0.706. The highest BCUT2D eigenvalue weighted by Gasteiger charge is 2.23. The second kappa shape index (κ2) is 9.72. The van der Waals surface area contributed by atoms with Crippen LogP contribution in [0.2, 0.25) is 0 Å². The molecule has 0 unspecified atom stereocenters. The third-order valence-electron chi connectivity index (χ3n) is 5.05. The molecule has 0 aliphatic carbocycles. The van der Waals surface area contributed by atoms with Crippen LogP contribution in [0.25, 0.3) is 11.1 Å².